The standard InChI is InChI=1S/C15H25N3O/c1-5-8-16-13-6-7-14(12(2)11-13)15(19)17-9-10-18(3)4/h6-7,11,16H,5,8-10H2,1-4H3,(H,17,19). The second-order valence-corrected chi connectivity index (χ2v) is 5.02. The van der Waals surface area contributed by atoms with E-state index >= 15 is 0 Å². The summed E-state index contributed by atoms with van der Waals surface area (Å²) in [5, 5.41) is 6.25. The van der Waals surface area contributed by atoms with Crippen molar-refractivity contribution in [3.05, 3.63) is 29.3 Å². The molecule has 0 atom stereocenters. The van der Waals surface area contributed by atoms with E-state index in [-0.39, 0.29) is 5.91 Å². The minimum Gasteiger partial charge on any atom is -0.385 e. The van der Waals surface area contributed by atoms with Gasteiger partial charge in [0, 0.05) is 30.9 Å². The number of anilines is 1. The van der Waals surface area contributed by atoms with Crippen LogP contribution in [-0.4, -0.2) is 44.5 Å². The van der Waals surface area contributed by atoms with Crippen LogP contribution < -0.4 is 10.6 Å². The smallest absolute Gasteiger partial charge is 0.251 e. The second-order valence-electron chi connectivity index (χ2n) is 5.02. The van der Waals surface area contributed by atoms with Gasteiger partial charge in [0.15, 0.2) is 0 Å². The summed E-state index contributed by atoms with van der Waals surface area (Å²) in [4.78, 5) is 14.1. The molecule has 0 unspecified atom stereocenters. The maximum Gasteiger partial charge on any atom is 0.251 e. The largest absolute Gasteiger partial charge is 0.385 e. The lowest BCUT2D eigenvalue weighted by atomic mass is 10.1. The molecular formula is C15H25N3O. The van der Waals surface area contributed by atoms with E-state index in [0.29, 0.717) is 6.54 Å². The van der Waals surface area contributed by atoms with Crippen LogP contribution in [0.5, 0.6) is 0 Å². The zero-order chi connectivity index (χ0) is 14.3. The molecule has 106 valence electrons. The Morgan fingerprint density at radius 1 is 1.26 bits per heavy atom. The van der Waals surface area contributed by atoms with Crippen molar-refractivity contribution in [2.75, 3.05) is 39.0 Å². The van der Waals surface area contributed by atoms with Gasteiger partial charge in [-0.05, 0) is 51.2 Å². The van der Waals surface area contributed by atoms with Crippen LogP contribution in [0.3, 0.4) is 0 Å². The van der Waals surface area contributed by atoms with E-state index in [1.165, 1.54) is 0 Å². The lowest BCUT2D eigenvalue weighted by molar-refractivity contribution is 0.0950. The van der Waals surface area contributed by atoms with E-state index in [1.54, 1.807) is 0 Å². The number of carbonyl (C=O) groups is 1. The van der Waals surface area contributed by atoms with Gasteiger partial charge in [-0.25, -0.2) is 0 Å². The molecule has 0 saturated heterocycles. The van der Waals surface area contributed by atoms with Gasteiger partial charge in [-0.3, -0.25) is 4.79 Å². The van der Waals surface area contributed by atoms with Gasteiger partial charge in [0.2, 0.25) is 0 Å². The highest BCUT2D eigenvalue weighted by molar-refractivity contribution is 5.96. The topological polar surface area (TPSA) is 44.4 Å². The fourth-order valence-electron chi connectivity index (χ4n) is 1.79. The number of nitrogens with zero attached hydrogens (tertiary/aromatic N) is 1. The first-order chi connectivity index (χ1) is 9.04. The number of aryl methyl sites for hydroxylation is 1. The molecular weight excluding hydrogens is 238 g/mol. The number of likely N-dealkylation sites (N-methyl/N-ethyl adjacent to an activating group) is 1. The van der Waals surface area contributed by atoms with Crippen molar-refractivity contribution >= 4 is 11.6 Å². The number of amides is 1. The molecule has 0 spiro atoms. The lowest BCUT2D eigenvalue weighted by Crippen LogP contribution is -2.31. The van der Waals surface area contributed by atoms with Crippen LogP contribution in [-0.2, 0) is 0 Å². The number of hydrogen-bond acceptors (Lipinski definition) is 3. The fourth-order valence-corrected chi connectivity index (χ4v) is 1.79. The predicted molar refractivity (Wildman–Crippen MR) is 80.8 cm³/mol. The van der Waals surface area contributed by atoms with E-state index in [4.69, 9.17) is 0 Å². The summed E-state index contributed by atoms with van der Waals surface area (Å²) in [6.07, 6.45) is 1.09. The van der Waals surface area contributed by atoms with Crippen LogP contribution in [0.25, 0.3) is 0 Å². The zero-order valence-electron chi connectivity index (χ0n) is 12.4. The summed E-state index contributed by atoms with van der Waals surface area (Å²) >= 11 is 0. The first kappa shape index (κ1) is 15.5. The Balaban J connectivity index is 2.60. The Bertz CT molecular complexity index is 416. The number of nitrogens with one attached hydrogen (secondary N) is 2. The van der Waals surface area contributed by atoms with Crippen LogP contribution in [0.15, 0.2) is 18.2 Å². The van der Waals surface area contributed by atoms with Crippen LogP contribution in [0, 0.1) is 6.92 Å². The zero-order valence-corrected chi connectivity index (χ0v) is 12.4. The Morgan fingerprint density at radius 3 is 2.58 bits per heavy atom. The van der Waals surface area contributed by atoms with E-state index in [9.17, 15) is 4.79 Å². The van der Waals surface area contributed by atoms with Crippen LogP contribution >= 0.6 is 0 Å². The monoisotopic (exact) mass is 263 g/mol. The molecule has 1 rings (SSSR count). The minimum atomic E-state index is 0.00129. The van der Waals surface area contributed by atoms with Gasteiger partial charge in [-0.15, -0.1) is 0 Å². The number of carbonyl (C=O) groups excluding carboxylic acids is 1. The van der Waals surface area contributed by atoms with Crippen molar-refractivity contribution < 1.29 is 4.79 Å². The summed E-state index contributed by atoms with van der Waals surface area (Å²) in [5.41, 5.74) is 2.83. The van der Waals surface area contributed by atoms with Crippen LogP contribution in [0.1, 0.15) is 29.3 Å². The van der Waals surface area contributed by atoms with E-state index in [0.717, 1.165) is 36.3 Å². The lowest BCUT2D eigenvalue weighted by Gasteiger charge is -2.12. The molecule has 1 amide bonds. The van der Waals surface area contributed by atoms with Crippen molar-refractivity contribution in [3.8, 4) is 0 Å². The molecule has 4 nitrogen and oxygen atoms in total. The third-order valence-electron chi connectivity index (χ3n) is 2.89. The van der Waals surface area contributed by atoms with Crippen LogP contribution in [0.2, 0.25) is 0 Å². The van der Waals surface area contributed by atoms with Gasteiger partial charge in [0.05, 0.1) is 0 Å². The van der Waals surface area contributed by atoms with Gasteiger partial charge < -0.3 is 15.5 Å². The van der Waals surface area contributed by atoms with Gasteiger partial charge in [0.25, 0.3) is 5.91 Å². The molecule has 19 heavy (non-hydrogen) atoms. The van der Waals surface area contributed by atoms with Crippen molar-refractivity contribution in [1.29, 1.82) is 0 Å². The molecule has 0 heterocycles. The fraction of sp³-hybridized carbons (Fsp3) is 0.533. The average Bonchev–Trinajstić information content (AvgIpc) is 2.35. The summed E-state index contributed by atoms with van der Waals surface area (Å²) < 4.78 is 0. The molecule has 0 aliphatic rings. The number of hydrogen-bond donors (Lipinski definition) is 2. The first-order valence-electron chi connectivity index (χ1n) is 6.82. The highest BCUT2D eigenvalue weighted by Gasteiger charge is 2.08. The molecule has 2 N–H and O–H groups in total. The molecule has 0 aliphatic carbocycles. The first-order valence-corrected chi connectivity index (χ1v) is 6.82. The summed E-state index contributed by atoms with van der Waals surface area (Å²) in [7, 11) is 3.98. The molecule has 0 saturated carbocycles. The van der Waals surface area contributed by atoms with Crippen molar-refractivity contribution in [2.45, 2.75) is 20.3 Å². The highest BCUT2D eigenvalue weighted by atomic mass is 16.1. The Hall–Kier alpha value is -1.55. The van der Waals surface area contributed by atoms with E-state index < -0.39 is 0 Å². The van der Waals surface area contributed by atoms with Crippen molar-refractivity contribution in [3.63, 3.8) is 0 Å². The predicted octanol–water partition coefficient (Wildman–Crippen LogP) is 2.11. The van der Waals surface area contributed by atoms with Crippen molar-refractivity contribution in [2.24, 2.45) is 0 Å². The molecule has 1 aromatic rings. The third-order valence-corrected chi connectivity index (χ3v) is 2.89. The molecule has 0 bridgehead atoms. The maximum atomic E-state index is 12.0. The number of rotatable bonds is 7. The highest BCUT2D eigenvalue weighted by Crippen LogP contribution is 2.15. The Labute approximate surface area is 116 Å². The number of benzene rings is 1. The van der Waals surface area contributed by atoms with Crippen LogP contribution in [0.4, 0.5) is 5.69 Å². The summed E-state index contributed by atoms with van der Waals surface area (Å²) in [5.74, 6) is 0.00129. The van der Waals surface area contributed by atoms with E-state index in [2.05, 4.69) is 17.6 Å². The average molecular weight is 263 g/mol. The third kappa shape index (κ3) is 5.30. The van der Waals surface area contributed by atoms with Gasteiger partial charge in [0.1, 0.15) is 0 Å². The minimum absolute atomic E-state index is 0.00129. The SMILES string of the molecule is CCCNc1ccc(C(=O)NCCN(C)C)c(C)c1. The normalized spacial score (nSPS) is 10.6. The molecule has 4 heteroatoms. The summed E-state index contributed by atoms with van der Waals surface area (Å²) in [6.45, 7) is 6.57. The molecule has 0 aliphatic heterocycles. The van der Waals surface area contributed by atoms with Gasteiger partial charge >= 0.3 is 0 Å². The molecule has 0 aromatic heterocycles. The van der Waals surface area contributed by atoms with E-state index in [1.807, 2.05) is 44.1 Å². The Kier molecular flexibility index (Phi) is 6.36. The molecule has 1 aromatic carbocycles. The summed E-state index contributed by atoms with van der Waals surface area (Å²) in [6, 6.07) is 5.87. The van der Waals surface area contributed by atoms with Crippen molar-refractivity contribution in [1.82, 2.24) is 10.2 Å². The second kappa shape index (κ2) is 7.79. The van der Waals surface area contributed by atoms with Gasteiger partial charge in [-0.2, -0.15) is 0 Å². The maximum absolute atomic E-state index is 12.0. The van der Waals surface area contributed by atoms with Gasteiger partial charge in [-0.1, -0.05) is 6.92 Å². The molecule has 0 fully saturated rings. The quantitative estimate of drug-likeness (QED) is 0.792. The molecule has 0 radical (unpaired) electrons. The Morgan fingerprint density at radius 2 is 2.00 bits per heavy atom.